The summed E-state index contributed by atoms with van der Waals surface area (Å²) < 4.78 is 38.6. The lowest BCUT2D eigenvalue weighted by Crippen LogP contribution is -2.39. The predicted octanol–water partition coefficient (Wildman–Crippen LogP) is 3.10. The van der Waals surface area contributed by atoms with Crippen molar-refractivity contribution in [3.8, 4) is 0 Å². The number of nitrogens with two attached hydrogens (primary N) is 1. The number of likely N-dealkylation sites (N-methyl/N-ethyl adjacent to an activating group) is 1. The van der Waals surface area contributed by atoms with Gasteiger partial charge in [0, 0.05) is 32.4 Å². The van der Waals surface area contributed by atoms with Gasteiger partial charge in [0.2, 0.25) is 5.91 Å². The van der Waals surface area contributed by atoms with Gasteiger partial charge in [-0.2, -0.15) is 13.2 Å². The minimum Gasteiger partial charge on any atom is -0.398 e. The van der Waals surface area contributed by atoms with Crippen molar-refractivity contribution in [3.05, 3.63) is 65.2 Å². The number of halogens is 3. The first-order valence-corrected chi connectivity index (χ1v) is 9.81. The summed E-state index contributed by atoms with van der Waals surface area (Å²) in [7, 11) is 1.69. The maximum Gasteiger partial charge on any atom is 0.416 e. The number of nitrogen functional groups attached to an aromatic ring is 1. The number of nitrogens with zero attached hydrogens (tertiary/aromatic N) is 2. The van der Waals surface area contributed by atoms with Crippen molar-refractivity contribution < 1.29 is 23.1 Å². The monoisotopic (exact) mass is 421 g/mol. The lowest BCUT2D eigenvalue weighted by atomic mass is 10.0. The van der Waals surface area contributed by atoms with E-state index >= 15 is 0 Å². The Hall–Kier alpha value is -2.58. The molecule has 1 heterocycles. The Bertz CT molecular complexity index is 874. The van der Waals surface area contributed by atoms with Gasteiger partial charge in [0.25, 0.3) is 0 Å². The Morgan fingerprint density at radius 1 is 1.27 bits per heavy atom. The number of rotatable bonds is 6. The zero-order valence-electron chi connectivity index (χ0n) is 16.8. The second-order valence-corrected chi connectivity index (χ2v) is 7.72. The third-order valence-electron chi connectivity index (χ3n) is 5.54. The molecule has 0 spiro atoms. The number of benzene rings is 2. The van der Waals surface area contributed by atoms with E-state index in [9.17, 15) is 23.1 Å². The first kappa shape index (κ1) is 22.1. The second kappa shape index (κ2) is 9.06. The van der Waals surface area contributed by atoms with E-state index in [1.165, 1.54) is 6.07 Å². The van der Waals surface area contributed by atoms with Crippen molar-refractivity contribution in [2.75, 3.05) is 32.4 Å². The third-order valence-corrected chi connectivity index (χ3v) is 5.54. The number of aliphatic hydroxyl groups excluding tert-OH is 1. The molecule has 2 atom stereocenters. The molecule has 1 aliphatic rings. The smallest absolute Gasteiger partial charge is 0.398 e. The van der Waals surface area contributed by atoms with Crippen molar-refractivity contribution in [3.63, 3.8) is 0 Å². The molecule has 5 nitrogen and oxygen atoms in total. The Balaban J connectivity index is 1.77. The van der Waals surface area contributed by atoms with Crippen LogP contribution in [0.1, 0.15) is 29.2 Å². The molecule has 0 aliphatic carbocycles. The van der Waals surface area contributed by atoms with Gasteiger partial charge in [-0.1, -0.05) is 36.4 Å². The Morgan fingerprint density at radius 3 is 2.53 bits per heavy atom. The quantitative estimate of drug-likeness (QED) is 0.704. The minimum atomic E-state index is -4.48. The van der Waals surface area contributed by atoms with Crippen molar-refractivity contribution in [2.45, 2.75) is 31.2 Å². The minimum absolute atomic E-state index is 0.0505. The standard InChI is InChI=1S/C22H26F3N3O2/c1-27(21(30)11-16-7-8-17(12-19(16)26)22(23,24)25)20(15-5-3-2-4-6-15)14-28-10-9-18(29)13-28/h2-8,12,18,20,29H,9-11,13-14,26H2,1H3/t18-,20?/m0/s1. The van der Waals surface area contributed by atoms with E-state index in [2.05, 4.69) is 4.90 Å². The molecule has 1 saturated heterocycles. The number of carbonyl (C=O) groups excluding carboxylic acids is 1. The Morgan fingerprint density at radius 2 is 1.97 bits per heavy atom. The van der Waals surface area contributed by atoms with Crippen LogP contribution in [0.25, 0.3) is 0 Å². The average molecular weight is 421 g/mol. The van der Waals surface area contributed by atoms with Crippen LogP contribution in [-0.4, -0.2) is 53.6 Å². The number of aliphatic hydroxyl groups is 1. The fourth-order valence-corrected chi connectivity index (χ4v) is 3.74. The molecular weight excluding hydrogens is 395 g/mol. The highest BCUT2D eigenvalue weighted by Gasteiger charge is 2.31. The Labute approximate surface area is 173 Å². The maximum atomic E-state index is 13.0. The van der Waals surface area contributed by atoms with E-state index < -0.39 is 11.7 Å². The van der Waals surface area contributed by atoms with Crippen LogP contribution in [0.2, 0.25) is 0 Å². The van der Waals surface area contributed by atoms with Crippen molar-refractivity contribution in [2.24, 2.45) is 0 Å². The molecule has 3 rings (SSSR count). The maximum absolute atomic E-state index is 13.0. The zero-order chi connectivity index (χ0) is 21.9. The molecule has 162 valence electrons. The second-order valence-electron chi connectivity index (χ2n) is 7.72. The number of likely N-dealkylation sites (tertiary alicyclic amines) is 1. The first-order chi connectivity index (χ1) is 14.1. The molecule has 1 amide bonds. The molecule has 2 aromatic rings. The van der Waals surface area contributed by atoms with E-state index in [1.807, 2.05) is 30.3 Å². The lowest BCUT2D eigenvalue weighted by Gasteiger charge is -2.32. The molecule has 1 fully saturated rings. The van der Waals surface area contributed by atoms with Gasteiger partial charge < -0.3 is 15.7 Å². The molecule has 0 saturated carbocycles. The van der Waals surface area contributed by atoms with Crippen LogP contribution in [0.3, 0.4) is 0 Å². The van der Waals surface area contributed by atoms with E-state index in [0.29, 0.717) is 25.1 Å². The zero-order valence-corrected chi connectivity index (χ0v) is 16.8. The molecule has 0 bridgehead atoms. The van der Waals surface area contributed by atoms with Gasteiger partial charge >= 0.3 is 6.18 Å². The molecule has 30 heavy (non-hydrogen) atoms. The molecular formula is C22H26F3N3O2. The number of anilines is 1. The van der Waals surface area contributed by atoms with Crippen molar-refractivity contribution >= 4 is 11.6 Å². The van der Waals surface area contributed by atoms with Gasteiger partial charge in [0.1, 0.15) is 0 Å². The summed E-state index contributed by atoms with van der Waals surface area (Å²) in [6, 6.07) is 12.4. The number of hydrogen-bond donors (Lipinski definition) is 2. The summed E-state index contributed by atoms with van der Waals surface area (Å²) in [5.74, 6) is -0.241. The number of amides is 1. The summed E-state index contributed by atoms with van der Waals surface area (Å²) in [6.07, 6.45) is -4.24. The molecule has 1 unspecified atom stereocenters. The van der Waals surface area contributed by atoms with Crippen LogP contribution in [0.4, 0.5) is 18.9 Å². The summed E-state index contributed by atoms with van der Waals surface area (Å²) in [5.41, 5.74) is 6.23. The fourth-order valence-electron chi connectivity index (χ4n) is 3.74. The molecule has 8 heteroatoms. The van der Waals surface area contributed by atoms with Gasteiger partial charge in [-0.3, -0.25) is 9.69 Å². The van der Waals surface area contributed by atoms with Crippen molar-refractivity contribution in [1.29, 1.82) is 0 Å². The number of hydrogen-bond acceptors (Lipinski definition) is 4. The third kappa shape index (κ3) is 5.31. The number of alkyl halides is 3. The molecule has 0 aromatic heterocycles. The van der Waals surface area contributed by atoms with Crippen LogP contribution in [0.5, 0.6) is 0 Å². The van der Waals surface area contributed by atoms with Gasteiger partial charge in [0.05, 0.1) is 24.1 Å². The summed E-state index contributed by atoms with van der Waals surface area (Å²) in [4.78, 5) is 16.7. The van der Waals surface area contributed by atoms with Crippen LogP contribution in [0.15, 0.2) is 48.5 Å². The predicted molar refractivity (Wildman–Crippen MR) is 109 cm³/mol. The van der Waals surface area contributed by atoms with Crippen LogP contribution in [-0.2, 0) is 17.4 Å². The molecule has 3 N–H and O–H groups in total. The van der Waals surface area contributed by atoms with Crippen LogP contribution >= 0.6 is 0 Å². The fraction of sp³-hybridized carbons (Fsp3) is 0.409. The summed E-state index contributed by atoms with van der Waals surface area (Å²) in [5, 5.41) is 9.82. The van der Waals surface area contributed by atoms with Gasteiger partial charge in [-0.15, -0.1) is 0 Å². The van der Waals surface area contributed by atoms with Crippen molar-refractivity contribution in [1.82, 2.24) is 9.80 Å². The van der Waals surface area contributed by atoms with Gasteiger partial charge in [0.15, 0.2) is 0 Å². The first-order valence-electron chi connectivity index (χ1n) is 9.81. The normalized spacial score (nSPS) is 18.4. The highest BCUT2D eigenvalue weighted by atomic mass is 19.4. The van der Waals surface area contributed by atoms with E-state index in [0.717, 1.165) is 24.2 Å². The average Bonchev–Trinajstić information content (AvgIpc) is 3.11. The molecule has 0 radical (unpaired) electrons. The highest BCUT2D eigenvalue weighted by Crippen LogP contribution is 2.32. The van der Waals surface area contributed by atoms with Gasteiger partial charge in [-0.25, -0.2) is 0 Å². The number of β-amino-alcohol motifs (C(OH)–C–C–N with tert-alkyl or cyclic N) is 1. The number of carbonyl (C=O) groups is 1. The summed E-state index contributed by atoms with van der Waals surface area (Å²) in [6.45, 7) is 1.86. The summed E-state index contributed by atoms with van der Waals surface area (Å²) >= 11 is 0. The topological polar surface area (TPSA) is 69.8 Å². The molecule has 2 aromatic carbocycles. The Kier molecular flexibility index (Phi) is 6.67. The SMILES string of the molecule is CN(C(=O)Cc1ccc(C(F)(F)F)cc1N)C(CN1CC[C@H](O)C1)c1ccccc1. The molecule has 1 aliphatic heterocycles. The van der Waals surface area contributed by atoms with E-state index in [4.69, 9.17) is 5.73 Å². The van der Waals surface area contributed by atoms with E-state index in [1.54, 1.807) is 11.9 Å². The highest BCUT2D eigenvalue weighted by molar-refractivity contribution is 5.80. The largest absolute Gasteiger partial charge is 0.416 e. The van der Waals surface area contributed by atoms with Gasteiger partial charge in [-0.05, 0) is 29.7 Å². The van der Waals surface area contributed by atoms with Crippen LogP contribution < -0.4 is 5.73 Å². The lowest BCUT2D eigenvalue weighted by molar-refractivity contribution is -0.137. The van der Waals surface area contributed by atoms with E-state index in [-0.39, 0.29) is 30.2 Å². The van der Waals surface area contributed by atoms with Crippen LogP contribution in [0, 0.1) is 0 Å².